The number of piperazine rings is 1. The summed E-state index contributed by atoms with van der Waals surface area (Å²) in [5.74, 6) is -3.26. The van der Waals surface area contributed by atoms with Crippen molar-refractivity contribution in [1.29, 1.82) is 0 Å². The summed E-state index contributed by atoms with van der Waals surface area (Å²) in [4.78, 5) is 2.13. The Morgan fingerprint density at radius 2 is 1.83 bits per heavy atom. The minimum absolute atomic E-state index is 0.0351. The molecule has 1 aromatic rings. The summed E-state index contributed by atoms with van der Waals surface area (Å²) >= 11 is 5.30. The van der Waals surface area contributed by atoms with E-state index in [1.54, 1.807) is 0 Å². The molecule has 0 aromatic heterocycles. The molecule has 6 heteroatoms. The molecule has 1 aromatic carbocycles. The van der Waals surface area contributed by atoms with Gasteiger partial charge in [-0.2, -0.15) is 0 Å². The fourth-order valence-electron chi connectivity index (χ4n) is 2.02. The van der Waals surface area contributed by atoms with Crippen LogP contribution in [0.25, 0.3) is 0 Å². The molecular formula is C12H14ClF3N2. The maximum atomic E-state index is 13.5. The molecule has 0 saturated carbocycles. The number of halogens is 4. The fraction of sp³-hybridized carbons (Fsp3) is 0.500. The van der Waals surface area contributed by atoms with Gasteiger partial charge in [0.1, 0.15) is 10.8 Å². The highest BCUT2D eigenvalue weighted by Gasteiger charge is 2.18. The molecule has 0 spiro atoms. The summed E-state index contributed by atoms with van der Waals surface area (Å²) < 4.78 is 40.0. The Labute approximate surface area is 109 Å². The maximum Gasteiger partial charge on any atom is 0.180 e. The zero-order chi connectivity index (χ0) is 13.1. The molecule has 2 rings (SSSR count). The lowest BCUT2D eigenvalue weighted by Crippen LogP contribution is -2.44. The number of nitrogens with zero attached hydrogens (tertiary/aromatic N) is 1. The van der Waals surface area contributed by atoms with Gasteiger partial charge in [0.15, 0.2) is 11.6 Å². The van der Waals surface area contributed by atoms with Crippen molar-refractivity contribution in [2.75, 3.05) is 32.7 Å². The summed E-state index contributed by atoms with van der Waals surface area (Å²) in [7, 11) is 0. The number of hydrogen-bond acceptors (Lipinski definition) is 2. The Morgan fingerprint density at radius 3 is 2.50 bits per heavy atom. The molecule has 0 radical (unpaired) electrons. The van der Waals surface area contributed by atoms with E-state index in [-0.39, 0.29) is 12.0 Å². The van der Waals surface area contributed by atoms with Gasteiger partial charge in [0.25, 0.3) is 0 Å². The highest BCUT2D eigenvalue weighted by Crippen LogP contribution is 2.24. The van der Waals surface area contributed by atoms with Crippen LogP contribution in [0.4, 0.5) is 13.2 Å². The summed E-state index contributed by atoms with van der Waals surface area (Å²) in [5, 5.41) is 2.42. The lowest BCUT2D eigenvalue weighted by atomic mass is 10.1. The number of benzene rings is 1. The van der Waals surface area contributed by atoms with Crippen molar-refractivity contribution in [3.63, 3.8) is 0 Å². The molecule has 0 aliphatic carbocycles. The highest BCUT2D eigenvalue weighted by atomic mass is 35.5. The lowest BCUT2D eigenvalue weighted by Gasteiger charge is -2.27. The van der Waals surface area contributed by atoms with Crippen molar-refractivity contribution in [2.24, 2.45) is 0 Å². The van der Waals surface area contributed by atoms with Gasteiger partial charge in [-0.05, 0) is 18.1 Å². The van der Waals surface area contributed by atoms with E-state index >= 15 is 0 Å². The molecule has 1 heterocycles. The Bertz CT molecular complexity index is 434. The van der Waals surface area contributed by atoms with Crippen LogP contribution in [0.1, 0.15) is 5.56 Å². The Morgan fingerprint density at radius 1 is 1.17 bits per heavy atom. The van der Waals surface area contributed by atoms with E-state index in [2.05, 4.69) is 10.2 Å². The minimum atomic E-state index is -1.30. The second-order valence-corrected chi connectivity index (χ2v) is 4.68. The van der Waals surface area contributed by atoms with Crippen molar-refractivity contribution < 1.29 is 13.2 Å². The van der Waals surface area contributed by atoms with Gasteiger partial charge in [0.2, 0.25) is 0 Å². The highest BCUT2D eigenvalue weighted by molar-refractivity contribution is 6.30. The molecule has 1 N–H and O–H groups in total. The van der Waals surface area contributed by atoms with Crippen LogP contribution in [-0.2, 0) is 6.42 Å². The van der Waals surface area contributed by atoms with Gasteiger partial charge in [-0.25, -0.2) is 13.2 Å². The van der Waals surface area contributed by atoms with Gasteiger partial charge in [-0.3, -0.25) is 0 Å². The third kappa shape index (κ3) is 2.96. The predicted molar refractivity (Wildman–Crippen MR) is 64.3 cm³/mol. The van der Waals surface area contributed by atoms with E-state index < -0.39 is 22.5 Å². The Kier molecular flexibility index (Phi) is 4.48. The van der Waals surface area contributed by atoms with Gasteiger partial charge < -0.3 is 10.2 Å². The monoisotopic (exact) mass is 278 g/mol. The number of nitrogens with one attached hydrogen (secondary N) is 1. The first kappa shape index (κ1) is 13.6. The van der Waals surface area contributed by atoms with Crippen LogP contribution in [0.15, 0.2) is 6.07 Å². The first-order chi connectivity index (χ1) is 8.59. The number of rotatable bonds is 3. The van der Waals surface area contributed by atoms with Crippen molar-refractivity contribution in [3.8, 4) is 0 Å². The molecule has 2 nitrogen and oxygen atoms in total. The van der Waals surface area contributed by atoms with Crippen LogP contribution in [-0.4, -0.2) is 37.6 Å². The standard InChI is InChI=1S/C12H14ClF3N2/c13-10-9(14)7-8(11(15)12(10)16)1-4-18-5-2-17-3-6-18/h7,17H,1-6H2. The van der Waals surface area contributed by atoms with Gasteiger partial charge in [0, 0.05) is 32.7 Å². The second-order valence-electron chi connectivity index (χ2n) is 4.30. The van der Waals surface area contributed by atoms with Gasteiger partial charge in [-0.15, -0.1) is 0 Å². The summed E-state index contributed by atoms with van der Waals surface area (Å²) in [5.41, 5.74) is 0.0351. The average molecular weight is 279 g/mol. The summed E-state index contributed by atoms with van der Waals surface area (Å²) in [6.07, 6.45) is 0.275. The van der Waals surface area contributed by atoms with Crippen LogP contribution < -0.4 is 5.32 Å². The minimum Gasteiger partial charge on any atom is -0.314 e. The van der Waals surface area contributed by atoms with E-state index in [0.717, 1.165) is 32.2 Å². The van der Waals surface area contributed by atoms with E-state index in [0.29, 0.717) is 6.54 Å². The van der Waals surface area contributed by atoms with E-state index in [1.807, 2.05) is 0 Å². The van der Waals surface area contributed by atoms with Crippen LogP contribution >= 0.6 is 11.6 Å². The largest absolute Gasteiger partial charge is 0.314 e. The molecule has 1 aliphatic rings. The normalized spacial score (nSPS) is 17.1. The number of hydrogen-bond donors (Lipinski definition) is 1. The first-order valence-corrected chi connectivity index (χ1v) is 6.22. The van der Waals surface area contributed by atoms with Crippen LogP contribution in [0, 0.1) is 17.5 Å². The maximum absolute atomic E-state index is 13.5. The molecule has 0 unspecified atom stereocenters. The smallest absolute Gasteiger partial charge is 0.180 e. The van der Waals surface area contributed by atoms with Crippen LogP contribution in [0.2, 0.25) is 5.02 Å². The zero-order valence-electron chi connectivity index (χ0n) is 9.78. The van der Waals surface area contributed by atoms with Crippen LogP contribution in [0.5, 0.6) is 0 Å². The molecule has 100 valence electrons. The average Bonchev–Trinajstić information content (AvgIpc) is 2.40. The predicted octanol–water partition coefficient (Wildman–Crippen LogP) is 2.21. The van der Waals surface area contributed by atoms with Gasteiger partial charge in [-0.1, -0.05) is 11.6 Å². The quantitative estimate of drug-likeness (QED) is 0.674. The van der Waals surface area contributed by atoms with Crippen LogP contribution in [0.3, 0.4) is 0 Å². The van der Waals surface area contributed by atoms with Crippen molar-refractivity contribution in [2.45, 2.75) is 6.42 Å². The van der Waals surface area contributed by atoms with Crippen molar-refractivity contribution in [3.05, 3.63) is 34.1 Å². The lowest BCUT2D eigenvalue weighted by molar-refractivity contribution is 0.243. The molecular weight excluding hydrogens is 265 g/mol. The fourth-order valence-corrected chi connectivity index (χ4v) is 2.15. The first-order valence-electron chi connectivity index (χ1n) is 5.84. The Hall–Kier alpha value is -0.780. The van der Waals surface area contributed by atoms with Gasteiger partial charge >= 0.3 is 0 Å². The van der Waals surface area contributed by atoms with E-state index in [9.17, 15) is 13.2 Å². The second kappa shape index (κ2) is 5.91. The molecule has 1 fully saturated rings. The SMILES string of the molecule is Fc1cc(CCN2CCNCC2)c(F)c(F)c1Cl. The van der Waals surface area contributed by atoms with Crippen molar-refractivity contribution >= 4 is 11.6 Å². The zero-order valence-corrected chi connectivity index (χ0v) is 10.5. The molecule has 1 aliphatic heterocycles. The molecule has 1 saturated heterocycles. The van der Waals surface area contributed by atoms with E-state index in [4.69, 9.17) is 11.6 Å². The Balaban J connectivity index is 2.05. The third-order valence-corrected chi connectivity index (χ3v) is 3.43. The van der Waals surface area contributed by atoms with E-state index in [1.165, 1.54) is 0 Å². The third-order valence-electron chi connectivity index (χ3n) is 3.08. The molecule has 0 atom stereocenters. The summed E-state index contributed by atoms with van der Waals surface area (Å²) in [6.45, 7) is 4.07. The molecule has 18 heavy (non-hydrogen) atoms. The van der Waals surface area contributed by atoms with Crippen molar-refractivity contribution in [1.82, 2.24) is 10.2 Å². The van der Waals surface area contributed by atoms with Gasteiger partial charge in [0.05, 0.1) is 0 Å². The summed E-state index contributed by atoms with van der Waals surface area (Å²) in [6, 6.07) is 0.975. The molecule has 0 bridgehead atoms. The topological polar surface area (TPSA) is 15.3 Å². The molecule has 0 amide bonds.